The number of hydrogen-bond acceptors (Lipinski definition) is 5. The van der Waals surface area contributed by atoms with Crippen molar-refractivity contribution in [2.75, 3.05) is 16.4 Å². The van der Waals surface area contributed by atoms with Gasteiger partial charge in [-0.25, -0.2) is 4.79 Å². The van der Waals surface area contributed by atoms with E-state index in [4.69, 9.17) is 5.11 Å². The number of anilines is 2. The van der Waals surface area contributed by atoms with Gasteiger partial charge in [-0.1, -0.05) is 48.5 Å². The average Bonchev–Trinajstić information content (AvgIpc) is 3.43. The number of benzene rings is 4. The van der Waals surface area contributed by atoms with Crippen LogP contribution in [-0.4, -0.2) is 39.5 Å². The van der Waals surface area contributed by atoms with E-state index in [-0.39, 0.29) is 22.9 Å². The van der Waals surface area contributed by atoms with Crippen LogP contribution >= 0.6 is 11.8 Å². The number of thioether (sulfide) groups is 1. The Balaban J connectivity index is 1.29. The fourth-order valence-corrected chi connectivity index (χ4v) is 5.00. The highest BCUT2D eigenvalue weighted by molar-refractivity contribution is 8.00. The van der Waals surface area contributed by atoms with E-state index in [1.165, 1.54) is 23.9 Å². The second kappa shape index (κ2) is 13.4. The number of fused-ring (bicyclic) bond motifs is 1. The van der Waals surface area contributed by atoms with Crippen molar-refractivity contribution >= 4 is 63.8 Å². The smallest absolute Gasteiger partial charge is 0.335 e. The molecule has 5 N–H and O–H groups in total. The third-order valence-corrected chi connectivity index (χ3v) is 7.30. The molecule has 0 saturated carbocycles. The van der Waals surface area contributed by atoms with E-state index in [0.29, 0.717) is 16.9 Å². The highest BCUT2D eigenvalue weighted by atomic mass is 32.2. The number of carboxylic acids is 1. The number of carbonyl (C=O) groups is 4. The first-order valence-corrected chi connectivity index (χ1v) is 14.2. The van der Waals surface area contributed by atoms with Gasteiger partial charge in [0.1, 0.15) is 5.70 Å². The predicted octanol–water partition coefficient (Wildman–Crippen LogP) is 6.01. The van der Waals surface area contributed by atoms with Crippen molar-refractivity contribution in [3.05, 3.63) is 132 Å². The molecule has 1 aromatic heterocycles. The molecule has 0 radical (unpaired) electrons. The summed E-state index contributed by atoms with van der Waals surface area (Å²) in [5.74, 6) is -2.27. The second-order valence-corrected chi connectivity index (χ2v) is 10.4. The zero-order valence-electron chi connectivity index (χ0n) is 22.7. The standard InChI is InChI=1S/C33H26N4O5S/c38-30(35-24-11-6-10-22(16-24)33(41)42)20-43-26-13-7-12-25(18-26)36-32(40)29(37-31(39)21-8-2-1-3-9-21)17-23-19-34-28-15-5-4-14-27(23)28/h1-19,34H,20H2,(H,35,38)(H,36,40)(H,37,39)(H,41,42)/b29-17-. The molecule has 3 amide bonds. The zero-order chi connectivity index (χ0) is 30.2. The molecule has 0 unspecified atom stereocenters. The molecule has 5 aromatic rings. The van der Waals surface area contributed by atoms with Crippen LogP contribution in [-0.2, 0) is 9.59 Å². The molecular formula is C33H26N4O5S. The topological polar surface area (TPSA) is 140 Å². The van der Waals surface area contributed by atoms with Gasteiger partial charge in [0.2, 0.25) is 5.91 Å². The molecule has 0 fully saturated rings. The van der Waals surface area contributed by atoms with E-state index in [1.807, 2.05) is 24.3 Å². The molecule has 0 aliphatic heterocycles. The maximum atomic E-state index is 13.5. The summed E-state index contributed by atoms with van der Waals surface area (Å²) in [4.78, 5) is 54.0. The van der Waals surface area contributed by atoms with Gasteiger partial charge in [0.25, 0.3) is 11.8 Å². The number of aromatic nitrogens is 1. The molecule has 0 spiro atoms. The van der Waals surface area contributed by atoms with Crippen molar-refractivity contribution in [1.82, 2.24) is 10.3 Å². The van der Waals surface area contributed by atoms with Crippen LogP contribution in [0.4, 0.5) is 11.4 Å². The third-order valence-electron chi connectivity index (χ3n) is 6.30. The molecule has 10 heteroatoms. The molecule has 214 valence electrons. The Morgan fingerprint density at radius 1 is 0.767 bits per heavy atom. The summed E-state index contributed by atoms with van der Waals surface area (Å²) in [7, 11) is 0. The Hall–Kier alpha value is -5.61. The first kappa shape index (κ1) is 28.9. The van der Waals surface area contributed by atoms with Crippen molar-refractivity contribution in [1.29, 1.82) is 0 Å². The van der Waals surface area contributed by atoms with E-state index in [0.717, 1.165) is 21.4 Å². The highest BCUT2D eigenvalue weighted by Gasteiger charge is 2.16. The summed E-state index contributed by atoms with van der Waals surface area (Å²) in [6.07, 6.45) is 3.39. The summed E-state index contributed by atoms with van der Waals surface area (Å²) in [6, 6.07) is 29.3. The van der Waals surface area contributed by atoms with E-state index in [2.05, 4.69) is 20.9 Å². The number of hydrogen-bond donors (Lipinski definition) is 5. The van der Waals surface area contributed by atoms with Crippen LogP contribution in [0.25, 0.3) is 17.0 Å². The molecule has 43 heavy (non-hydrogen) atoms. The summed E-state index contributed by atoms with van der Waals surface area (Å²) in [5, 5.41) is 18.3. The number of rotatable bonds is 10. The average molecular weight is 591 g/mol. The Bertz CT molecular complexity index is 1850. The number of nitrogens with one attached hydrogen (secondary N) is 4. The quantitative estimate of drug-likeness (QED) is 0.0997. The molecule has 0 atom stereocenters. The van der Waals surface area contributed by atoms with Crippen LogP contribution in [0.15, 0.2) is 120 Å². The molecule has 0 aliphatic carbocycles. The molecule has 0 saturated heterocycles. The molecule has 1 heterocycles. The van der Waals surface area contributed by atoms with Crippen LogP contribution in [0.3, 0.4) is 0 Å². The van der Waals surface area contributed by atoms with Gasteiger partial charge in [-0.05, 0) is 60.7 Å². The number of aromatic carboxylic acids is 1. The summed E-state index contributed by atoms with van der Waals surface area (Å²) in [5.41, 5.74) is 3.03. The van der Waals surface area contributed by atoms with Gasteiger partial charge in [-0.15, -0.1) is 11.8 Å². The maximum Gasteiger partial charge on any atom is 0.335 e. The van der Waals surface area contributed by atoms with Crippen LogP contribution in [0.1, 0.15) is 26.3 Å². The van der Waals surface area contributed by atoms with Crippen LogP contribution < -0.4 is 16.0 Å². The number of carbonyl (C=O) groups excluding carboxylic acids is 3. The van der Waals surface area contributed by atoms with Crippen molar-refractivity contribution in [3.8, 4) is 0 Å². The zero-order valence-corrected chi connectivity index (χ0v) is 23.5. The number of carboxylic acid groups (broad SMARTS) is 1. The minimum absolute atomic E-state index is 0.0552. The maximum absolute atomic E-state index is 13.5. The lowest BCUT2D eigenvalue weighted by Gasteiger charge is -2.12. The number of amides is 3. The third kappa shape index (κ3) is 7.57. The number of aromatic amines is 1. The van der Waals surface area contributed by atoms with Gasteiger partial charge < -0.3 is 26.0 Å². The fraction of sp³-hybridized carbons (Fsp3) is 0.0303. The number of para-hydroxylation sites is 1. The van der Waals surface area contributed by atoms with Gasteiger partial charge >= 0.3 is 5.97 Å². The van der Waals surface area contributed by atoms with Crippen LogP contribution in [0.2, 0.25) is 0 Å². The lowest BCUT2D eigenvalue weighted by Crippen LogP contribution is -2.30. The van der Waals surface area contributed by atoms with E-state index >= 15 is 0 Å². The van der Waals surface area contributed by atoms with Crippen molar-refractivity contribution in [2.45, 2.75) is 4.90 Å². The van der Waals surface area contributed by atoms with E-state index in [1.54, 1.807) is 79.0 Å². The van der Waals surface area contributed by atoms with Crippen molar-refractivity contribution in [3.63, 3.8) is 0 Å². The Kier molecular flexibility index (Phi) is 8.99. The molecule has 0 aliphatic rings. The number of H-pyrrole nitrogens is 1. The molecule has 9 nitrogen and oxygen atoms in total. The first-order chi connectivity index (χ1) is 20.9. The van der Waals surface area contributed by atoms with Gasteiger partial charge in [0, 0.05) is 44.5 Å². The van der Waals surface area contributed by atoms with E-state index in [9.17, 15) is 19.2 Å². The summed E-state index contributed by atoms with van der Waals surface area (Å²) in [6.45, 7) is 0. The Labute approximate surface area is 251 Å². The largest absolute Gasteiger partial charge is 0.478 e. The Morgan fingerprint density at radius 3 is 2.26 bits per heavy atom. The van der Waals surface area contributed by atoms with E-state index < -0.39 is 17.8 Å². The predicted molar refractivity (Wildman–Crippen MR) is 168 cm³/mol. The molecule has 4 aromatic carbocycles. The molecule has 0 bridgehead atoms. The Morgan fingerprint density at radius 2 is 1.47 bits per heavy atom. The summed E-state index contributed by atoms with van der Waals surface area (Å²) >= 11 is 1.25. The van der Waals surface area contributed by atoms with Gasteiger partial charge in [0.15, 0.2) is 0 Å². The lowest BCUT2D eigenvalue weighted by molar-refractivity contribution is -0.114. The van der Waals surface area contributed by atoms with Gasteiger partial charge in [-0.2, -0.15) is 0 Å². The van der Waals surface area contributed by atoms with Crippen LogP contribution in [0.5, 0.6) is 0 Å². The van der Waals surface area contributed by atoms with Crippen molar-refractivity contribution < 1.29 is 24.3 Å². The monoisotopic (exact) mass is 590 g/mol. The SMILES string of the molecule is O=C(CSc1cccc(NC(=O)/C(=C/c2c[nH]c3ccccc23)NC(=O)c2ccccc2)c1)Nc1cccc(C(=O)O)c1. The highest BCUT2D eigenvalue weighted by Crippen LogP contribution is 2.24. The lowest BCUT2D eigenvalue weighted by atomic mass is 10.1. The molecular weight excluding hydrogens is 564 g/mol. The van der Waals surface area contributed by atoms with Gasteiger partial charge in [-0.3, -0.25) is 14.4 Å². The first-order valence-electron chi connectivity index (χ1n) is 13.2. The minimum Gasteiger partial charge on any atom is -0.478 e. The minimum atomic E-state index is -1.08. The fourth-order valence-electron chi connectivity index (χ4n) is 4.25. The van der Waals surface area contributed by atoms with Crippen LogP contribution in [0, 0.1) is 0 Å². The molecule has 5 rings (SSSR count). The second-order valence-electron chi connectivity index (χ2n) is 9.37. The normalized spacial score (nSPS) is 11.1. The van der Waals surface area contributed by atoms with Crippen molar-refractivity contribution in [2.24, 2.45) is 0 Å². The summed E-state index contributed by atoms with van der Waals surface area (Å²) < 4.78 is 0. The van der Waals surface area contributed by atoms with Gasteiger partial charge in [0.05, 0.1) is 11.3 Å².